The molecule has 0 saturated heterocycles. The van der Waals surface area contributed by atoms with Crippen LogP contribution >= 0.6 is 0 Å². The second-order valence-corrected chi connectivity index (χ2v) is 4.31. The molecule has 2 aromatic rings. The molecule has 1 aromatic heterocycles. The van der Waals surface area contributed by atoms with Gasteiger partial charge < -0.3 is 5.11 Å². The topological polar surface area (TPSA) is 50.2 Å². The third kappa shape index (κ3) is 3.17. The van der Waals surface area contributed by atoms with Crippen LogP contribution in [0.15, 0.2) is 42.6 Å². The molecule has 0 aliphatic carbocycles. The van der Waals surface area contributed by atoms with Crippen LogP contribution in [0, 0.1) is 6.92 Å². The predicted octanol–water partition coefficient (Wildman–Crippen LogP) is 2.87. The third-order valence-electron chi connectivity index (χ3n) is 2.86. The SMILES string of the molecule is Cc1cc(CCc2ccc(C(=O)O)cc2)ccn1. The zero-order valence-electron chi connectivity index (χ0n) is 10.3. The molecule has 1 N–H and O–H groups in total. The Morgan fingerprint density at radius 1 is 1.11 bits per heavy atom. The first-order chi connectivity index (χ1) is 8.65. The second-order valence-electron chi connectivity index (χ2n) is 4.31. The highest BCUT2D eigenvalue weighted by molar-refractivity contribution is 5.87. The van der Waals surface area contributed by atoms with Crippen LogP contribution in [0.3, 0.4) is 0 Å². The highest BCUT2D eigenvalue weighted by Crippen LogP contribution is 2.09. The van der Waals surface area contributed by atoms with E-state index < -0.39 is 5.97 Å². The van der Waals surface area contributed by atoms with Crippen LogP contribution in [0.25, 0.3) is 0 Å². The first-order valence-electron chi connectivity index (χ1n) is 5.89. The molecule has 0 saturated carbocycles. The maximum absolute atomic E-state index is 10.7. The van der Waals surface area contributed by atoms with Crippen LogP contribution in [0.5, 0.6) is 0 Å². The number of rotatable bonds is 4. The maximum atomic E-state index is 10.7. The van der Waals surface area contributed by atoms with Crippen LogP contribution in [0.4, 0.5) is 0 Å². The molecule has 0 radical (unpaired) electrons. The van der Waals surface area contributed by atoms with E-state index in [1.54, 1.807) is 12.1 Å². The highest BCUT2D eigenvalue weighted by Gasteiger charge is 2.02. The number of aromatic carboxylic acids is 1. The van der Waals surface area contributed by atoms with Crippen LogP contribution in [-0.4, -0.2) is 16.1 Å². The molecule has 0 fully saturated rings. The minimum absolute atomic E-state index is 0.332. The number of aryl methyl sites for hydroxylation is 3. The van der Waals surface area contributed by atoms with E-state index in [9.17, 15) is 4.79 Å². The minimum Gasteiger partial charge on any atom is -0.478 e. The molecule has 1 aromatic carbocycles. The number of carbonyl (C=O) groups is 1. The van der Waals surface area contributed by atoms with E-state index in [-0.39, 0.29) is 0 Å². The summed E-state index contributed by atoms with van der Waals surface area (Å²) >= 11 is 0. The van der Waals surface area contributed by atoms with Crippen molar-refractivity contribution in [2.75, 3.05) is 0 Å². The summed E-state index contributed by atoms with van der Waals surface area (Å²) < 4.78 is 0. The fourth-order valence-electron chi connectivity index (χ4n) is 1.86. The Bertz CT molecular complexity index is 547. The molecule has 0 unspecified atom stereocenters. The summed E-state index contributed by atoms with van der Waals surface area (Å²) in [6.07, 6.45) is 3.66. The molecule has 0 amide bonds. The predicted molar refractivity (Wildman–Crippen MR) is 69.8 cm³/mol. The van der Waals surface area contributed by atoms with E-state index in [2.05, 4.69) is 11.1 Å². The van der Waals surface area contributed by atoms with Crippen molar-refractivity contribution in [2.24, 2.45) is 0 Å². The summed E-state index contributed by atoms with van der Waals surface area (Å²) in [5.74, 6) is -0.883. The Morgan fingerprint density at radius 3 is 2.39 bits per heavy atom. The Balaban J connectivity index is 2.00. The maximum Gasteiger partial charge on any atom is 0.335 e. The van der Waals surface area contributed by atoms with Gasteiger partial charge in [0.05, 0.1) is 5.56 Å². The summed E-state index contributed by atoms with van der Waals surface area (Å²) in [7, 11) is 0. The first-order valence-corrected chi connectivity index (χ1v) is 5.89. The van der Waals surface area contributed by atoms with Crippen molar-refractivity contribution in [1.29, 1.82) is 0 Å². The smallest absolute Gasteiger partial charge is 0.335 e. The van der Waals surface area contributed by atoms with E-state index >= 15 is 0 Å². The lowest BCUT2D eigenvalue weighted by Crippen LogP contribution is -1.97. The first kappa shape index (κ1) is 12.3. The molecule has 18 heavy (non-hydrogen) atoms. The van der Waals surface area contributed by atoms with Crippen molar-refractivity contribution in [1.82, 2.24) is 4.98 Å². The Hall–Kier alpha value is -2.16. The number of aromatic nitrogens is 1. The van der Waals surface area contributed by atoms with E-state index in [1.165, 1.54) is 5.56 Å². The van der Waals surface area contributed by atoms with E-state index in [1.807, 2.05) is 31.3 Å². The van der Waals surface area contributed by atoms with Crippen molar-refractivity contribution in [3.8, 4) is 0 Å². The van der Waals surface area contributed by atoms with E-state index in [0.717, 1.165) is 24.1 Å². The van der Waals surface area contributed by atoms with Crippen molar-refractivity contribution >= 4 is 5.97 Å². The molecule has 3 heteroatoms. The van der Waals surface area contributed by atoms with Gasteiger partial charge in [-0.25, -0.2) is 4.79 Å². The van der Waals surface area contributed by atoms with E-state index in [0.29, 0.717) is 5.56 Å². The van der Waals surface area contributed by atoms with Gasteiger partial charge >= 0.3 is 5.97 Å². The minimum atomic E-state index is -0.883. The number of nitrogens with zero attached hydrogens (tertiary/aromatic N) is 1. The molecular formula is C15H15NO2. The highest BCUT2D eigenvalue weighted by atomic mass is 16.4. The van der Waals surface area contributed by atoms with Gasteiger partial charge in [0.25, 0.3) is 0 Å². The number of benzene rings is 1. The molecule has 3 nitrogen and oxygen atoms in total. The van der Waals surface area contributed by atoms with Crippen molar-refractivity contribution in [3.05, 3.63) is 65.0 Å². The Morgan fingerprint density at radius 2 is 1.78 bits per heavy atom. The van der Waals surface area contributed by atoms with Crippen LogP contribution in [0.1, 0.15) is 27.2 Å². The second kappa shape index (κ2) is 5.45. The number of carboxylic acids is 1. The molecule has 0 atom stereocenters. The van der Waals surface area contributed by atoms with Crippen LogP contribution in [0.2, 0.25) is 0 Å². The van der Waals surface area contributed by atoms with Gasteiger partial charge in [-0.2, -0.15) is 0 Å². The van der Waals surface area contributed by atoms with Crippen molar-refractivity contribution < 1.29 is 9.90 Å². The molecule has 1 heterocycles. The summed E-state index contributed by atoms with van der Waals surface area (Å²) in [5.41, 5.74) is 3.76. The van der Waals surface area contributed by atoms with Gasteiger partial charge in [0, 0.05) is 11.9 Å². The summed E-state index contributed by atoms with van der Waals surface area (Å²) in [6.45, 7) is 1.98. The normalized spacial score (nSPS) is 10.3. The van der Waals surface area contributed by atoms with Gasteiger partial charge in [-0.1, -0.05) is 12.1 Å². The zero-order chi connectivity index (χ0) is 13.0. The van der Waals surface area contributed by atoms with Crippen molar-refractivity contribution in [2.45, 2.75) is 19.8 Å². The average molecular weight is 241 g/mol. The van der Waals surface area contributed by atoms with Gasteiger partial charge in [-0.05, 0) is 55.2 Å². The van der Waals surface area contributed by atoms with Crippen LogP contribution < -0.4 is 0 Å². The van der Waals surface area contributed by atoms with Gasteiger partial charge in [-0.3, -0.25) is 4.98 Å². The lowest BCUT2D eigenvalue weighted by molar-refractivity contribution is 0.0697. The molecule has 2 rings (SSSR count). The molecule has 0 aliphatic rings. The fourth-order valence-corrected chi connectivity index (χ4v) is 1.86. The van der Waals surface area contributed by atoms with Gasteiger partial charge in [0.2, 0.25) is 0 Å². The molecular weight excluding hydrogens is 226 g/mol. The Labute approximate surface area is 106 Å². The quantitative estimate of drug-likeness (QED) is 0.895. The molecule has 0 spiro atoms. The average Bonchev–Trinajstić information content (AvgIpc) is 2.37. The standard InChI is InChI=1S/C15H15NO2/c1-11-10-13(8-9-16-11)3-2-12-4-6-14(7-5-12)15(17)18/h4-10H,2-3H2,1H3,(H,17,18). The van der Waals surface area contributed by atoms with Gasteiger partial charge in [0.1, 0.15) is 0 Å². The molecule has 0 bridgehead atoms. The Kier molecular flexibility index (Phi) is 3.72. The molecule has 0 aliphatic heterocycles. The monoisotopic (exact) mass is 241 g/mol. The number of hydrogen-bond acceptors (Lipinski definition) is 2. The van der Waals surface area contributed by atoms with Crippen LogP contribution in [-0.2, 0) is 12.8 Å². The van der Waals surface area contributed by atoms with Gasteiger partial charge in [-0.15, -0.1) is 0 Å². The number of hydrogen-bond donors (Lipinski definition) is 1. The summed E-state index contributed by atoms with van der Waals surface area (Å²) in [5, 5.41) is 8.81. The largest absolute Gasteiger partial charge is 0.478 e. The zero-order valence-corrected chi connectivity index (χ0v) is 10.3. The summed E-state index contributed by atoms with van der Waals surface area (Å²) in [4.78, 5) is 14.9. The number of carboxylic acid groups (broad SMARTS) is 1. The van der Waals surface area contributed by atoms with Crippen molar-refractivity contribution in [3.63, 3.8) is 0 Å². The summed E-state index contributed by atoms with van der Waals surface area (Å²) in [6, 6.07) is 11.1. The number of pyridine rings is 1. The van der Waals surface area contributed by atoms with E-state index in [4.69, 9.17) is 5.11 Å². The fraction of sp³-hybridized carbons (Fsp3) is 0.200. The molecule has 92 valence electrons. The lowest BCUT2D eigenvalue weighted by Gasteiger charge is -2.03. The van der Waals surface area contributed by atoms with Gasteiger partial charge in [0.15, 0.2) is 0 Å². The third-order valence-corrected chi connectivity index (χ3v) is 2.86. The lowest BCUT2D eigenvalue weighted by atomic mass is 10.0.